The van der Waals surface area contributed by atoms with E-state index in [1.807, 2.05) is 12.1 Å². The average Bonchev–Trinajstić information content (AvgIpc) is 3.11. The predicted octanol–water partition coefficient (Wildman–Crippen LogP) is 0.0813. The average molecular weight is 273 g/mol. The molecule has 1 aliphatic heterocycles. The monoisotopic (exact) mass is 273 g/mol. The van der Waals surface area contributed by atoms with E-state index in [9.17, 15) is 5.11 Å². The molecule has 1 saturated heterocycles. The maximum absolute atomic E-state index is 10.2. The molecule has 1 aromatic carbocycles. The lowest BCUT2D eigenvalue weighted by Crippen LogP contribution is -2.42. The van der Waals surface area contributed by atoms with Crippen molar-refractivity contribution in [2.45, 2.75) is 18.6 Å². The van der Waals surface area contributed by atoms with E-state index in [2.05, 4.69) is 32.8 Å². The first-order valence-electron chi connectivity index (χ1n) is 6.83. The number of nitrogens with one attached hydrogen (secondary N) is 2. The second-order valence-electron chi connectivity index (χ2n) is 5.26. The van der Waals surface area contributed by atoms with Crippen molar-refractivity contribution >= 4 is 0 Å². The molecule has 0 bridgehead atoms. The first-order valence-corrected chi connectivity index (χ1v) is 6.83. The lowest BCUT2D eigenvalue weighted by molar-refractivity contribution is 0.0609. The molecule has 0 aliphatic carbocycles. The zero-order valence-corrected chi connectivity index (χ0v) is 11.3. The highest BCUT2D eigenvalue weighted by Gasteiger charge is 2.30. The van der Waals surface area contributed by atoms with Crippen molar-refractivity contribution in [2.75, 3.05) is 19.6 Å². The number of aromatic nitrogens is 3. The van der Waals surface area contributed by atoms with E-state index in [0.717, 1.165) is 25.2 Å². The van der Waals surface area contributed by atoms with Crippen LogP contribution >= 0.6 is 0 Å². The lowest BCUT2D eigenvalue weighted by atomic mass is 10.0. The standard InChI is InChI=1S/C14H19N5O/c20-14(5-6-15-8-14)9-16-7-12-1-3-13(4-2-12)19-11-17-10-18-19/h1-4,10-11,15-16,20H,5-9H2/t14-/m1/s1. The Morgan fingerprint density at radius 2 is 2.20 bits per heavy atom. The first-order chi connectivity index (χ1) is 9.75. The van der Waals surface area contributed by atoms with Crippen LogP contribution < -0.4 is 10.6 Å². The van der Waals surface area contributed by atoms with Gasteiger partial charge in [0.2, 0.25) is 0 Å². The third-order valence-electron chi connectivity index (χ3n) is 3.62. The van der Waals surface area contributed by atoms with Gasteiger partial charge in [-0.2, -0.15) is 5.10 Å². The third-order valence-corrected chi connectivity index (χ3v) is 3.62. The summed E-state index contributed by atoms with van der Waals surface area (Å²) in [7, 11) is 0. The zero-order chi connectivity index (χ0) is 13.8. The molecular formula is C14H19N5O. The molecule has 106 valence electrons. The lowest BCUT2D eigenvalue weighted by Gasteiger charge is -2.21. The fraction of sp³-hybridized carbons (Fsp3) is 0.429. The predicted molar refractivity (Wildman–Crippen MR) is 75.5 cm³/mol. The van der Waals surface area contributed by atoms with Crippen LogP contribution in [0.15, 0.2) is 36.9 Å². The van der Waals surface area contributed by atoms with Crippen LogP contribution in [0.3, 0.4) is 0 Å². The highest BCUT2D eigenvalue weighted by atomic mass is 16.3. The van der Waals surface area contributed by atoms with Gasteiger partial charge in [-0.15, -0.1) is 0 Å². The third kappa shape index (κ3) is 3.04. The summed E-state index contributed by atoms with van der Waals surface area (Å²) in [5.74, 6) is 0. The molecule has 0 saturated carbocycles. The van der Waals surface area contributed by atoms with Crippen LogP contribution in [0.25, 0.3) is 5.69 Å². The second kappa shape index (κ2) is 5.70. The summed E-state index contributed by atoms with van der Waals surface area (Å²) < 4.78 is 1.73. The normalized spacial score (nSPS) is 22.2. The first kappa shape index (κ1) is 13.2. The quantitative estimate of drug-likeness (QED) is 0.719. The van der Waals surface area contributed by atoms with Crippen molar-refractivity contribution in [3.05, 3.63) is 42.5 Å². The van der Waals surface area contributed by atoms with Crippen LogP contribution in [0, 0.1) is 0 Å². The molecule has 0 radical (unpaired) electrons. The molecule has 2 aromatic rings. The molecule has 1 aromatic heterocycles. The summed E-state index contributed by atoms with van der Waals surface area (Å²) >= 11 is 0. The molecule has 1 aliphatic rings. The van der Waals surface area contributed by atoms with Gasteiger partial charge in [0.1, 0.15) is 12.7 Å². The molecule has 0 amide bonds. The van der Waals surface area contributed by atoms with Crippen molar-refractivity contribution in [1.82, 2.24) is 25.4 Å². The number of β-amino-alcohol motifs (C(OH)–C–C–N with tert-alkyl or cyclic N) is 1. The fourth-order valence-corrected chi connectivity index (χ4v) is 2.43. The van der Waals surface area contributed by atoms with Gasteiger partial charge in [-0.25, -0.2) is 9.67 Å². The van der Waals surface area contributed by atoms with Gasteiger partial charge in [0.25, 0.3) is 0 Å². The van der Waals surface area contributed by atoms with Crippen LogP contribution in [0.1, 0.15) is 12.0 Å². The molecule has 0 spiro atoms. The van der Waals surface area contributed by atoms with E-state index in [1.165, 1.54) is 11.9 Å². The van der Waals surface area contributed by atoms with Gasteiger partial charge in [0.05, 0.1) is 11.3 Å². The van der Waals surface area contributed by atoms with Crippen molar-refractivity contribution in [3.63, 3.8) is 0 Å². The molecule has 1 atom stereocenters. The topological polar surface area (TPSA) is 75.0 Å². The molecule has 3 rings (SSSR count). The van der Waals surface area contributed by atoms with Gasteiger partial charge < -0.3 is 15.7 Å². The fourth-order valence-electron chi connectivity index (χ4n) is 2.43. The molecular weight excluding hydrogens is 254 g/mol. The van der Waals surface area contributed by atoms with E-state index in [1.54, 1.807) is 11.0 Å². The Labute approximate surface area is 117 Å². The minimum Gasteiger partial charge on any atom is -0.387 e. The van der Waals surface area contributed by atoms with E-state index in [-0.39, 0.29) is 0 Å². The number of nitrogens with zero attached hydrogens (tertiary/aromatic N) is 3. The number of aliphatic hydroxyl groups is 1. The maximum Gasteiger partial charge on any atom is 0.138 e. The van der Waals surface area contributed by atoms with E-state index in [4.69, 9.17) is 0 Å². The van der Waals surface area contributed by atoms with Crippen molar-refractivity contribution < 1.29 is 5.11 Å². The molecule has 2 heterocycles. The molecule has 1 fully saturated rings. The van der Waals surface area contributed by atoms with Crippen LogP contribution in [-0.4, -0.2) is 45.1 Å². The largest absolute Gasteiger partial charge is 0.387 e. The Morgan fingerprint density at radius 3 is 2.85 bits per heavy atom. The number of hydrogen-bond donors (Lipinski definition) is 3. The maximum atomic E-state index is 10.2. The van der Waals surface area contributed by atoms with Crippen molar-refractivity contribution in [2.24, 2.45) is 0 Å². The Kier molecular flexibility index (Phi) is 3.77. The van der Waals surface area contributed by atoms with Crippen LogP contribution in [-0.2, 0) is 6.54 Å². The Bertz CT molecular complexity index is 531. The van der Waals surface area contributed by atoms with Crippen LogP contribution in [0.2, 0.25) is 0 Å². The summed E-state index contributed by atoms with van der Waals surface area (Å²) in [5.41, 5.74) is 1.58. The summed E-state index contributed by atoms with van der Waals surface area (Å²) in [4.78, 5) is 3.93. The van der Waals surface area contributed by atoms with Gasteiger partial charge in [-0.3, -0.25) is 0 Å². The van der Waals surface area contributed by atoms with Gasteiger partial charge >= 0.3 is 0 Å². The summed E-state index contributed by atoms with van der Waals surface area (Å²) in [6, 6.07) is 8.14. The minimum absolute atomic E-state index is 0.597. The highest BCUT2D eigenvalue weighted by Crippen LogP contribution is 2.13. The summed E-state index contributed by atoms with van der Waals surface area (Å²) in [6.45, 7) is 2.93. The highest BCUT2D eigenvalue weighted by molar-refractivity contribution is 5.33. The smallest absolute Gasteiger partial charge is 0.138 e. The van der Waals surface area contributed by atoms with Gasteiger partial charge in [-0.05, 0) is 30.7 Å². The van der Waals surface area contributed by atoms with E-state index >= 15 is 0 Å². The number of benzene rings is 1. The van der Waals surface area contributed by atoms with Gasteiger partial charge in [0.15, 0.2) is 0 Å². The molecule has 6 heteroatoms. The minimum atomic E-state index is -0.597. The second-order valence-corrected chi connectivity index (χ2v) is 5.26. The SMILES string of the molecule is O[C@]1(CNCc2ccc(-n3cncn3)cc2)CCNC1. The summed E-state index contributed by atoms with van der Waals surface area (Å²) in [5, 5.41) is 20.8. The summed E-state index contributed by atoms with van der Waals surface area (Å²) in [6.07, 6.45) is 4.01. The number of hydrogen-bond acceptors (Lipinski definition) is 5. The molecule has 0 unspecified atom stereocenters. The molecule has 20 heavy (non-hydrogen) atoms. The Hall–Kier alpha value is -1.76. The Morgan fingerprint density at radius 1 is 1.35 bits per heavy atom. The molecule has 6 nitrogen and oxygen atoms in total. The van der Waals surface area contributed by atoms with Crippen molar-refractivity contribution in [1.29, 1.82) is 0 Å². The Balaban J connectivity index is 1.53. The van der Waals surface area contributed by atoms with E-state index < -0.39 is 5.60 Å². The van der Waals surface area contributed by atoms with E-state index in [0.29, 0.717) is 13.1 Å². The number of rotatable bonds is 5. The van der Waals surface area contributed by atoms with Gasteiger partial charge in [0, 0.05) is 19.6 Å². The molecule has 3 N–H and O–H groups in total. The van der Waals surface area contributed by atoms with Crippen LogP contribution in [0.4, 0.5) is 0 Å². The van der Waals surface area contributed by atoms with Gasteiger partial charge in [-0.1, -0.05) is 12.1 Å². The zero-order valence-electron chi connectivity index (χ0n) is 11.3. The van der Waals surface area contributed by atoms with Crippen molar-refractivity contribution in [3.8, 4) is 5.69 Å². The van der Waals surface area contributed by atoms with Crippen LogP contribution in [0.5, 0.6) is 0 Å².